The number of rotatable bonds is 6. The molecule has 0 aliphatic carbocycles. The Kier molecular flexibility index (Phi) is 4.76. The second-order valence-electron chi connectivity index (χ2n) is 4.77. The highest BCUT2D eigenvalue weighted by Crippen LogP contribution is 2.10. The van der Waals surface area contributed by atoms with Gasteiger partial charge in [0.1, 0.15) is 6.54 Å². The van der Waals surface area contributed by atoms with E-state index in [-0.39, 0.29) is 18.3 Å². The van der Waals surface area contributed by atoms with Gasteiger partial charge in [-0.15, -0.1) is 5.10 Å². The van der Waals surface area contributed by atoms with Gasteiger partial charge in [-0.05, 0) is 24.1 Å². The number of amides is 1. The molecule has 2 rings (SSSR count). The summed E-state index contributed by atoms with van der Waals surface area (Å²) in [5.41, 5.74) is 1.88. The zero-order chi connectivity index (χ0) is 16.2. The van der Waals surface area contributed by atoms with Crippen molar-refractivity contribution >= 4 is 27.4 Å². The van der Waals surface area contributed by atoms with Gasteiger partial charge >= 0.3 is 0 Å². The number of carbonyl (C=O) groups excluding carboxylic acids is 1. The Hall–Kier alpha value is -2.42. The van der Waals surface area contributed by atoms with Crippen molar-refractivity contribution in [1.82, 2.24) is 15.0 Å². The molecular weight excluding hydrogens is 306 g/mol. The molecule has 2 N–H and O–H groups in total. The minimum atomic E-state index is -3.41. The molecular formula is C13H17N5O3S. The first-order valence-electron chi connectivity index (χ1n) is 6.62. The quantitative estimate of drug-likeness (QED) is 0.820. The molecule has 0 spiro atoms. The summed E-state index contributed by atoms with van der Waals surface area (Å²) >= 11 is 0. The molecule has 1 aromatic carbocycles. The predicted molar refractivity (Wildman–Crippen MR) is 82.9 cm³/mol. The molecule has 0 saturated carbocycles. The lowest BCUT2D eigenvalue weighted by Gasteiger charge is -2.05. The van der Waals surface area contributed by atoms with E-state index in [0.29, 0.717) is 5.69 Å². The van der Waals surface area contributed by atoms with Gasteiger partial charge in [0.25, 0.3) is 0 Å². The van der Waals surface area contributed by atoms with Gasteiger partial charge in [0.2, 0.25) is 15.9 Å². The number of aryl methyl sites for hydroxylation is 1. The van der Waals surface area contributed by atoms with Crippen LogP contribution in [0.1, 0.15) is 12.5 Å². The highest BCUT2D eigenvalue weighted by Gasteiger charge is 2.09. The third-order valence-corrected chi connectivity index (χ3v) is 3.36. The van der Waals surface area contributed by atoms with Crippen molar-refractivity contribution in [3.8, 4) is 0 Å². The monoisotopic (exact) mass is 323 g/mol. The standard InChI is InChI=1S/C13H17N5O3S/c1-3-10-4-6-11(7-5-10)14-13(19)9-18-8-12(15-17-18)16-22(2,20)21/h4-8,16H,3,9H2,1-2H3,(H,14,19). The van der Waals surface area contributed by atoms with Crippen molar-refractivity contribution < 1.29 is 13.2 Å². The fraction of sp³-hybridized carbons (Fsp3) is 0.308. The Morgan fingerprint density at radius 1 is 1.27 bits per heavy atom. The largest absolute Gasteiger partial charge is 0.324 e. The smallest absolute Gasteiger partial charge is 0.246 e. The fourth-order valence-electron chi connectivity index (χ4n) is 1.78. The summed E-state index contributed by atoms with van der Waals surface area (Å²) in [6.45, 7) is 1.99. The van der Waals surface area contributed by atoms with E-state index in [1.54, 1.807) is 0 Å². The number of nitrogens with one attached hydrogen (secondary N) is 2. The van der Waals surface area contributed by atoms with Gasteiger partial charge < -0.3 is 5.32 Å². The van der Waals surface area contributed by atoms with Crippen LogP contribution in [0, 0.1) is 0 Å². The molecule has 0 aliphatic rings. The van der Waals surface area contributed by atoms with Crippen LogP contribution in [0.25, 0.3) is 0 Å². The Morgan fingerprint density at radius 3 is 2.55 bits per heavy atom. The third kappa shape index (κ3) is 4.85. The molecule has 118 valence electrons. The van der Waals surface area contributed by atoms with Crippen LogP contribution in [0.15, 0.2) is 30.5 Å². The Morgan fingerprint density at radius 2 is 1.95 bits per heavy atom. The average Bonchev–Trinajstić information content (AvgIpc) is 2.84. The summed E-state index contributed by atoms with van der Waals surface area (Å²) in [5.74, 6) is -0.206. The van der Waals surface area contributed by atoms with Crippen LogP contribution in [-0.2, 0) is 27.8 Å². The second kappa shape index (κ2) is 6.56. The van der Waals surface area contributed by atoms with Gasteiger partial charge in [-0.2, -0.15) is 0 Å². The lowest BCUT2D eigenvalue weighted by atomic mass is 10.1. The average molecular weight is 323 g/mol. The summed E-state index contributed by atoms with van der Waals surface area (Å²) < 4.78 is 25.6. The molecule has 22 heavy (non-hydrogen) atoms. The summed E-state index contributed by atoms with van der Waals surface area (Å²) in [4.78, 5) is 11.9. The maximum Gasteiger partial charge on any atom is 0.246 e. The van der Waals surface area contributed by atoms with Gasteiger partial charge in [-0.3, -0.25) is 9.52 Å². The minimum Gasteiger partial charge on any atom is -0.324 e. The molecule has 0 fully saturated rings. The number of hydrogen-bond donors (Lipinski definition) is 2. The van der Waals surface area contributed by atoms with Crippen LogP contribution in [-0.4, -0.2) is 35.6 Å². The van der Waals surface area contributed by atoms with Gasteiger partial charge in [0, 0.05) is 5.69 Å². The summed E-state index contributed by atoms with van der Waals surface area (Å²) in [6.07, 6.45) is 3.29. The molecule has 1 amide bonds. The maximum atomic E-state index is 11.9. The highest BCUT2D eigenvalue weighted by atomic mass is 32.2. The summed E-state index contributed by atoms with van der Waals surface area (Å²) in [5, 5.41) is 10.0. The van der Waals surface area contributed by atoms with Crippen molar-refractivity contribution in [2.24, 2.45) is 0 Å². The number of nitrogens with zero attached hydrogens (tertiary/aromatic N) is 3. The highest BCUT2D eigenvalue weighted by molar-refractivity contribution is 7.92. The molecule has 1 heterocycles. The zero-order valence-corrected chi connectivity index (χ0v) is 13.1. The SMILES string of the molecule is CCc1ccc(NC(=O)Cn2cc(NS(C)(=O)=O)nn2)cc1. The van der Waals surface area contributed by atoms with Crippen LogP contribution in [0.2, 0.25) is 0 Å². The van der Waals surface area contributed by atoms with E-state index in [9.17, 15) is 13.2 Å². The summed E-state index contributed by atoms with van der Waals surface area (Å²) in [7, 11) is -3.41. The van der Waals surface area contributed by atoms with Crippen LogP contribution in [0.4, 0.5) is 11.5 Å². The van der Waals surface area contributed by atoms with E-state index in [0.717, 1.165) is 12.7 Å². The van der Waals surface area contributed by atoms with Crippen LogP contribution < -0.4 is 10.0 Å². The second-order valence-corrected chi connectivity index (χ2v) is 6.52. The topological polar surface area (TPSA) is 106 Å². The van der Waals surface area contributed by atoms with Gasteiger partial charge in [-0.1, -0.05) is 24.3 Å². The first-order valence-corrected chi connectivity index (χ1v) is 8.51. The van der Waals surface area contributed by atoms with Crippen molar-refractivity contribution in [1.29, 1.82) is 0 Å². The number of benzene rings is 1. The molecule has 0 radical (unpaired) electrons. The molecule has 0 saturated heterocycles. The van der Waals surface area contributed by atoms with E-state index in [4.69, 9.17) is 0 Å². The Balaban J connectivity index is 1.94. The summed E-state index contributed by atoms with van der Waals surface area (Å²) in [6, 6.07) is 7.54. The first kappa shape index (κ1) is 16.0. The van der Waals surface area contributed by atoms with Crippen LogP contribution >= 0.6 is 0 Å². The normalized spacial score (nSPS) is 11.2. The van der Waals surface area contributed by atoms with Crippen molar-refractivity contribution in [2.75, 3.05) is 16.3 Å². The molecule has 9 heteroatoms. The van der Waals surface area contributed by atoms with Gasteiger partial charge in [0.05, 0.1) is 12.5 Å². The van der Waals surface area contributed by atoms with Crippen molar-refractivity contribution in [3.63, 3.8) is 0 Å². The number of carbonyl (C=O) groups is 1. The van der Waals surface area contributed by atoms with E-state index < -0.39 is 10.0 Å². The molecule has 0 atom stereocenters. The van der Waals surface area contributed by atoms with E-state index in [1.165, 1.54) is 16.4 Å². The number of sulfonamides is 1. The van der Waals surface area contributed by atoms with Gasteiger partial charge in [0.15, 0.2) is 5.82 Å². The number of anilines is 2. The predicted octanol–water partition coefficient (Wildman–Crippen LogP) is 0.851. The fourth-order valence-corrected chi connectivity index (χ4v) is 2.26. The van der Waals surface area contributed by atoms with Gasteiger partial charge in [-0.25, -0.2) is 13.1 Å². The lowest BCUT2D eigenvalue weighted by Crippen LogP contribution is -2.19. The zero-order valence-electron chi connectivity index (χ0n) is 12.3. The molecule has 0 aliphatic heterocycles. The van der Waals surface area contributed by atoms with Crippen molar-refractivity contribution in [2.45, 2.75) is 19.9 Å². The number of hydrogen-bond acceptors (Lipinski definition) is 5. The minimum absolute atomic E-state index is 0.0615. The van der Waals surface area contributed by atoms with Crippen molar-refractivity contribution in [3.05, 3.63) is 36.0 Å². The molecule has 0 bridgehead atoms. The molecule has 1 aromatic heterocycles. The Labute approximate surface area is 128 Å². The third-order valence-electron chi connectivity index (χ3n) is 2.78. The Bertz CT molecular complexity index is 752. The molecule has 8 nitrogen and oxygen atoms in total. The number of aromatic nitrogens is 3. The maximum absolute atomic E-state index is 11.9. The molecule has 2 aromatic rings. The van der Waals surface area contributed by atoms with Crippen LogP contribution in [0.3, 0.4) is 0 Å². The van der Waals surface area contributed by atoms with Crippen LogP contribution in [0.5, 0.6) is 0 Å². The lowest BCUT2D eigenvalue weighted by molar-refractivity contribution is -0.116. The van der Waals surface area contributed by atoms with E-state index in [2.05, 4.69) is 27.3 Å². The first-order chi connectivity index (χ1) is 10.4. The van der Waals surface area contributed by atoms with E-state index >= 15 is 0 Å². The molecule has 0 unspecified atom stereocenters. The van der Waals surface area contributed by atoms with E-state index in [1.807, 2.05) is 24.3 Å².